The third-order valence-electron chi connectivity index (χ3n) is 7.36. The Balaban J connectivity index is 2.19. The molecule has 0 unspecified atom stereocenters. The van der Waals surface area contributed by atoms with Crippen molar-refractivity contribution >= 4 is 11.8 Å². The third kappa shape index (κ3) is 8.09. The lowest BCUT2D eigenvalue weighted by atomic mass is 9.78. The van der Waals surface area contributed by atoms with Gasteiger partial charge in [-0.2, -0.15) is 0 Å². The summed E-state index contributed by atoms with van der Waals surface area (Å²) < 4.78 is 0. The molecule has 0 fully saturated rings. The molecule has 0 aliphatic carbocycles. The first-order valence-corrected chi connectivity index (χ1v) is 14.3. The van der Waals surface area contributed by atoms with E-state index < -0.39 is 11.8 Å². The van der Waals surface area contributed by atoms with Crippen LogP contribution >= 0.6 is 0 Å². The second kappa shape index (κ2) is 11.6. The van der Waals surface area contributed by atoms with E-state index in [0.717, 1.165) is 38.4 Å². The second-order valence-corrected chi connectivity index (χ2v) is 15.2. The van der Waals surface area contributed by atoms with Gasteiger partial charge in [0.05, 0.1) is 0 Å². The number of hydrogen-bond donors (Lipinski definition) is 3. The molecule has 2 amide bonds. The number of rotatable bonds is 6. The minimum Gasteiger partial charge on any atom is -0.507 e. The van der Waals surface area contributed by atoms with Gasteiger partial charge < -0.3 is 10.2 Å². The Morgan fingerprint density at radius 3 is 1.00 bits per heavy atom. The first kappa shape index (κ1) is 33.3. The standard InChI is InChI=1S/C34H52N2O4/c1-31(2,3)23-17-21(18-24(29(23)39)32(4,5)6)13-15-27(37)36(35)28(38)16-14-22-19-25(33(7,8)9)30(40)26(20-22)34(10,11)12/h17-20,39-40H,13-16,35H2,1-12H3. The maximum Gasteiger partial charge on any atom is 0.243 e. The first-order valence-electron chi connectivity index (χ1n) is 14.3. The third-order valence-corrected chi connectivity index (χ3v) is 7.36. The topological polar surface area (TPSA) is 104 Å². The predicted octanol–water partition coefficient (Wildman–Crippen LogP) is 7.08. The number of phenols is 2. The van der Waals surface area contributed by atoms with Crippen molar-refractivity contribution in [3.05, 3.63) is 57.6 Å². The van der Waals surface area contributed by atoms with Crippen LogP contribution in [0.4, 0.5) is 0 Å². The van der Waals surface area contributed by atoms with Crippen LogP contribution in [0.15, 0.2) is 24.3 Å². The summed E-state index contributed by atoms with van der Waals surface area (Å²) in [6, 6.07) is 7.80. The highest BCUT2D eigenvalue weighted by Crippen LogP contribution is 2.41. The van der Waals surface area contributed by atoms with Gasteiger partial charge in [0.15, 0.2) is 0 Å². The lowest BCUT2D eigenvalue weighted by Crippen LogP contribution is -2.42. The molecule has 2 aromatic rings. The van der Waals surface area contributed by atoms with Gasteiger partial charge in [-0.1, -0.05) is 107 Å². The van der Waals surface area contributed by atoms with Gasteiger partial charge in [0.2, 0.25) is 11.8 Å². The molecule has 0 saturated carbocycles. The van der Waals surface area contributed by atoms with Crippen LogP contribution in [0.25, 0.3) is 0 Å². The van der Waals surface area contributed by atoms with E-state index in [2.05, 4.69) is 0 Å². The zero-order chi connectivity index (χ0) is 31.0. The number of carbonyl (C=O) groups excluding carboxylic acids is 2. The van der Waals surface area contributed by atoms with Crippen molar-refractivity contribution in [2.45, 2.75) is 130 Å². The Morgan fingerprint density at radius 1 is 0.575 bits per heavy atom. The van der Waals surface area contributed by atoms with E-state index in [9.17, 15) is 19.8 Å². The van der Waals surface area contributed by atoms with Crippen LogP contribution in [0.2, 0.25) is 0 Å². The SMILES string of the molecule is CC(C)(C)c1cc(CCC(=O)N(N)C(=O)CCc2cc(C(C)(C)C)c(O)c(C(C)(C)C)c2)cc(C(C)(C)C)c1O. The highest BCUT2D eigenvalue weighted by atomic mass is 16.3. The maximum atomic E-state index is 12.9. The summed E-state index contributed by atoms with van der Waals surface area (Å²) in [5.74, 6) is 5.70. The number of nitrogens with two attached hydrogens (primary N) is 1. The number of phenolic OH excluding ortho intramolecular Hbond substituents is 2. The van der Waals surface area contributed by atoms with Crippen molar-refractivity contribution in [2.24, 2.45) is 5.84 Å². The Hall–Kier alpha value is -2.86. The molecular weight excluding hydrogens is 500 g/mol. The van der Waals surface area contributed by atoms with Crippen LogP contribution < -0.4 is 5.84 Å². The van der Waals surface area contributed by atoms with Gasteiger partial charge in [-0.3, -0.25) is 9.59 Å². The summed E-state index contributed by atoms with van der Waals surface area (Å²) in [5, 5.41) is 22.7. The summed E-state index contributed by atoms with van der Waals surface area (Å²) in [6.45, 7) is 24.6. The molecule has 222 valence electrons. The number of benzene rings is 2. The smallest absolute Gasteiger partial charge is 0.243 e. The van der Waals surface area contributed by atoms with Crippen LogP contribution in [0.5, 0.6) is 11.5 Å². The highest BCUT2D eigenvalue weighted by molar-refractivity contribution is 5.94. The Morgan fingerprint density at radius 2 is 0.800 bits per heavy atom. The van der Waals surface area contributed by atoms with Gasteiger partial charge in [-0.15, -0.1) is 0 Å². The van der Waals surface area contributed by atoms with Crippen LogP contribution in [0.1, 0.15) is 129 Å². The fourth-order valence-corrected chi connectivity index (χ4v) is 4.85. The number of aryl methyl sites for hydroxylation is 2. The lowest BCUT2D eigenvalue weighted by molar-refractivity contribution is -0.145. The zero-order valence-corrected chi connectivity index (χ0v) is 26.9. The molecule has 2 aromatic carbocycles. The van der Waals surface area contributed by atoms with E-state index in [-0.39, 0.29) is 34.5 Å². The molecule has 0 heterocycles. The first-order chi connectivity index (χ1) is 17.9. The number of amides is 2. The van der Waals surface area contributed by atoms with E-state index in [1.165, 1.54) is 0 Å². The van der Waals surface area contributed by atoms with Crippen LogP contribution in [0, 0.1) is 0 Å². The van der Waals surface area contributed by atoms with Crippen LogP contribution in [0.3, 0.4) is 0 Å². The molecule has 0 aromatic heterocycles. The lowest BCUT2D eigenvalue weighted by Gasteiger charge is -2.28. The largest absolute Gasteiger partial charge is 0.507 e. The van der Waals surface area contributed by atoms with Gasteiger partial charge in [0.1, 0.15) is 11.5 Å². The van der Waals surface area contributed by atoms with Gasteiger partial charge >= 0.3 is 0 Å². The van der Waals surface area contributed by atoms with Crippen molar-refractivity contribution in [3.63, 3.8) is 0 Å². The maximum absolute atomic E-state index is 12.9. The van der Waals surface area contributed by atoms with Gasteiger partial charge in [-0.25, -0.2) is 10.9 Å². The summed E-state index contributed by atoms with van der Waals surface area (Å²) in [7, 11) is 0. The van der Waals surface area contributed by atoms with E-state index in [0.29, 0.717) is 24.3 Å². The monoisotopic (exact) mass is 552 g/mol. The number of imide groups is 1. The van der Waals surface area contributed by atoms with E-state index >= 15 is 0 Å². The average Bonchev–Trinajstić information content (AvgIpc) is 2.78. The number of hydrazine groups is 1. The molecule has 0 radical (unpaired) electrons. The van der Waals surface area contributed by atoms with Crippen molar-refractivity contribution < 1.29 is 19.8 Å². The highest BCUT2D eigenvalue weighted by Gasteiger charge is 2.28. The van der Waals surface area contributed by atoms with Gasteiger partial charge in [0.25, 0.3) is 0 Å². The van der Waals surface area contributed by atoms with Gasteiger partial charge in [-0.05, 0) is 67.9 Å². The van der Waals surface area contributed by atoms with Crippen LogP contribution in [-0.4, -0.2) is 27.0 Å². The molecule has 40 heavy (non-hydrogen) atoms. The Bertz CT molecular complexity index is 1080. The predicted molar refractivity (Wildman–Crippen MR) is 164 cm³/mol. The van der Waals surface area contributed by atoms with E-state index in [1.54, 1.807) is 0 Å². The van der Waals surface area contributed by atoms with Crippen molar-refractivity contribution in [1.29, 1.82) is 0 Å². The van der Waals surface area contributed by atoms with Crippen molar-refractivity contribution in [2.75, 3.05) is 0 Å². The Kier molecular flexibility index (Phi) is 9.63. The summed E-state index contributed by atoms with van der Waals surface area (Å²) in [5.41, 5.74) is 4.11. The molecule has 4 N–H and O–H groups in total. The second-order valence-electron chi connectivity index (χ2n) is 15.2. The molecule has 0 aliphatic rings. The number of hydrogen-bond acceptors (Lipinski definition) is 5. The van der Waals surface area contributed by atoms with Crippen LogP contribution in [-0.2, 0) is 44.1 Å². The summed E-state index contributed by atoms with van der Waals surface area (Å²) in [4.78, 5) is 25.8. The Labute approximate surface area is 241 Å². The number of aromatic hydroxyl groups is 2. The quantitative estimate of drug-likeness (QED) is 0.202. The molecule has 0 saturated heterocycles. The molecule has 2 rings (SSSR count). The van der Waals surface area contributed by atoms with E-state index in [1.807, 2.05) is 107 Å². The molecule has 0 aliphatic heterocycles. The van der Waals surface area contributed by atoms with E-state index in [4.69, 9.17) is 5.84 Å². The molecular formula is C34H52N2O4. The fourth-order valence-electron chi connectivity index (χ4n) is 4.85. The van der Waals surface area contributed by atoms with Crippen molar-refractivity contribution in [1.82, 2.24) is 5.01 Å². The molecule has 0 spiro atoms. The molecule has 6 heteroatoms. The molecule has 0 bridgehead atoms. The normalized spacial score (nSPS) is 12.9. The summed E-state index contributed by atoms with van der Waals surface area (Å²) in [6.07, 6.45) is 0.992. The number of carbonyl (C=O) groups is 2. The minimum absolute atomic E-state index is 0.0851. The molecule has 0 atom stereocenters. The fraction of sp³-hybridized carbons (Fsp3) is 0.588. The number of nitrogens with zero attached hydrogens (tertiary/aromatic N) is 1. The minimum atomic E-state index is -0.441. The average molecular weight is 553 g/mol. The zero-order valence-electron chi connectivity index (χ0n) is 26.9. The van der Waals surface area contributed by atoms with Crippen molar-refractivity contribution in [3.8, 4) is 11.5 Å². The molecule has 6 nitrogen and oxygen atoms in total. The summed E-state index contributed by atoms with van der Waals surface area (Å²) >= 11 is 0. The van der Waals surface area contributed by atoms with Gasteiger partial charge in [0, 0.05) is 12.8 Å².